The Bertz CT molecular complexity index is 581. The van der Waals surface area contributed by atoms with Crippen LogP contribution in [0.3, 0.4) is 0 Å². The van der Waals surface area contributed by atoms with E-state index in [9.17, 15) is 12.8 Å². The van der Waals surface area contributed by atoms with E-state index in [1.165, 1.54) is 0 Å². The molecule has 0 fully saturated rings. The first-order valence-electron chi connectivity index (χ1n) is 5.74. The molecule has 0 aliphatic heterocycles. The summed E-state index contributed by atoms with van der Waals surface area (Å²) in [5.41, 5.74) is -0.286. The van der Waals surface area contributed by atoms with Crippen LogP contribution in [-0.4, -0.2) is 28.6 Å². The van der Waals surface area contributed by atoms with Crippen LogP contribution in [0.1, 0.15) is 12.5 Å². The first kappa shape index (κ1) is 15.6. The van der Waals surface area contributed by atoms with Gasteiger partial charge in [0.25, 0.3) is 0 Å². The van der Waals surface area contributed by atoms with Crippen molar-refractivity contribution in [1.82, 2.24) is 10.0 Å². The van der Waals surface area contributed by atoms with Gasteiger partial charge in [-0.15, -0.1) is 0 Å². The highest BCUT2D eigenvalue weighted by Crippen LogP contribution is 2.14. The number of hydrogen-bond acceptors (Lipinski definition) is 4. The average molecular weight is 285 g/mol. The maximum Gasteiger partial charge on any atom is 0.240 e. The van der Waals surface area contributed by atoms with Crippen LogP contribution < -0.4 is 10.0 Å². The monoisotopic (exact) mass is 285 g/mol. The first-order chi connectivity index (χ1) is 8.90. The maximum absolute atomic E-state index is 13.1. The SMILES string of the molecule is CNCC(C)CNS(=O)(=O)c1ccc(F)c(C#N)c1. The fraction of sp³-hybridized carbons (Fsp3) is 0.417. The van der Waals surface area contributed by atoms with Crippen molar-refractivity contribution in [3.8, 4) is 6.07 Å². The van der Waals surface area contributed by atoms with Gasteiger partial charge >= 0.3 is 0 Å². The molecular weight excluding hydrogens is 269 g/mol. The molecular formula is C12H16FN3O2S. The topological polar surface area (TPSA) is 82.0 Å². The minimum absolute atomic E-state index is 0.109. The van der Waals surface area contributed by atoms with Crippen LogP contribution in [0.4, 0.5) is 4.39 Å². The minimum atomic E-state index is -3.72. The fourth-order valence-corrected chi connectivity index (χ4v) is 2.70. The number of nitriles is 1. The number of nitrogens with one attached hydrogen (secondary N) is 2. The van der Waals surface area contributed by atoms with Crippen molar-refractivity contribution in [3.05, 3.63) is 29.6 Å². The van der Waals surface area contributed by atoms with Gasteiger partial charge in [0, 0.05) is 6.54 Å². The molecule has 0 aliphatic rings. The van der Waals surface area contributed by atoms with Crippen molar-refractivity contribution >= 4 is 10.0 Å². The lowest BCUT2D eigenvalue weighted by atomic mass is 10.2. The van der Waals surface area contributed by atoms with Gasteiger partial charge in [0.1, 0.15) is 11.9 Å². The van der Waals surface area contributed by atoms with Gasteiger partial charge in [-0.2, -0.15) is 5.26 Å². The summed E-state index contributed by atoms with van der Waals surface area (Å²) in [5.74, 6) is -0.610. The van der Waals surface area contributed by atoms with E-state index in [1.54, 1.807) is 13.1 Å². The van der Waals surface area contributed by atoms with Gasteiger partial charge in [-0.25, -0.2) is 17.5 Å². The molecule has 0 radical (unpaired) electrons. The normalized spacial score (nSPS) is 12.9. The molecule has 0 heterocycles. The number of hydrogen-bond donors (Lipinski definition) is 2. The minimum Gasteiger partial charge on any atom is -0.319 e. The van der Waals surface area contributed by atoms with Gasteiger partial charge in [-0.3, -0.25) is 0 Å². The molecule has 0 saturated carbocycles. The highest BCUT2D eigenvalue weighted by Gasteiger charge is 2.17. The number of halogens is 1. The van der Waals surface area contributed by atoms with E-state index in [0.717, 1.165) is 18.2 Å². The number of sulfonamides is 1. The largest absolute Gasteiger partial charge is 0.319 e. The van der Waals surface area contributed by atoms with E-state index < -0.39 is 15.8 Å². The Morgan fingerprint density at radius 3 is 2.68 bits per heavy atom. The summed E-state index contributed by atoms with van der Waals surface area (Å²) < 4.78 is 39.5. The van der Waals surface area contributed by atoms with E-state index in [2.05, 4.69) is 10.0 Å². The number of benzene rings is 1. The van der Waals surface area contributed by atoms with Gasteiger partial charge in [-0.05, 0) is 37.7 Å². The van der Waals surface area contributed by atoms with Crippen LogP contribution >= 0.6 is 0 Å². The zero-order chi connectivity index (χ0) is 14.5. The molecule has 0 aliphatic carbocycles. The summed E-state index contributed by atoms with van der Waals surface area (Å²) in [5, 5.41) is 11.6. The maximum atomic E-state index is 13.1. The van der Waals surface area contributed by atoms with Gasteiger partial charge in [-0.1, -0.05) is 6.92 Å². The van der Waals surface area contributed by atoms with Crippen LogP contribution in [0.5, 0.6) is 0 Å². The van der Waals surface area contributed by atoms with Crippen LogP contribution in [0.2, 0.25) is 0 Å². The summed E-state index contributed by atoms with van der Waals surface area (Å²) >= 11 is 0. The Labute approximate surface area is 112 Å². The summed E-state index contributed by atoms with van der Waals surface area (Å²) in [6.45, 7) is 2.84. The van der Waals surface area contributed by atoms with Crippen molar-refractivity contribution in [2.75, 3.05) is 20.1 Å². The Hall–Kier alpha value is -1.49. The molecule has 0 bridgehead atoms. The summed E-state index contributed by atoms with van der Waals surface area (Å²) in [6.07, 6.45) is 0. The van der Waals surface area contributed by atoms with E-state index in [-0.39, 0.29) is 22.9 Å². The molecule has 1 unspecified atom stereocenters. The molecule has 0 saturated heterocycles. The summed E-state index contributed by atoms with van der Waals surface area (Å²) in [4.78, 5) is -0.109. The van der Waals surface area contributed by atoms with Crippen LogP contribution in [0.25, 0.3) is 0 Å². The molecule has 5 nitrogen and oxygen atoms in total. The van der Waals surface area contributed by atoms with Gasteiger partial charge in [0.15, 0.2) is 0 Å². The first-order valence-corrected chi connectivity index (χ1v) is 7.23. The Kier molecular flexibility index (Phi) is 5.42. The zero-order valence-electron chi connectivity index (χ0n) is 10.8. The lowest BCUT2D eigenvalue weighted by Crippen LogP contribution is -2.32. The lowest BCUT2D eigenvalue weighted by molar-refractivity contribution is 0.519. The average Bonchev–Trinajstić information content (AvgIpc) is 2.37. The third-order valence-corrected chi connectivity index (χ3v) is 3.96. The molecule has 0 aromatic heterocycles. The fourth-order valence-electron chi connectivity index (χ4n) is 1.51. The smallest absolute Gasteiger partial charge is 0.240 e. The molecule has 2 N–H and O–H groups in total. The molecule has 1 atom stereocenters. The molecule has 0 spiro atoms. The molecule has 19 heavy (non-hydrogen) atoms. The number of rotatable bonds is 6. The summed E-state index contributed by atoms with van der Waals surface area (Å²) in [7, 11) is -1.94. The van der Waals surface area contributed by atoms with Crippen molar-refractivity contribution in [2.24, 2.45) is 5.92 Å². The third-order valence-electron chi connectivity index (χ3n) is 2.54. The highest BCUT2D eigenvalue weighted by molar-refractivity contribution is 7.89. The van der Waals surface area contributed by atoms with E-state index >= 15 is 0 Å². The highest BCUT2D eigenvalue weighted by atomic mass is 32.2. The van der Waals surface area contributed by atoms with Gasteiger partial charge < -0.3 is 5.32 Å². The molecule has 1 aromatic rings. The molecule has 1 aromatic carbocycles. The lowest BCUT2D eigenvalue weighted by Gasteiger charge is -2.12. The second-order valence-corrected chi connectivity index (χ2v) is 6.04. The van der Waals surface area contributed by atoms with Crippen LogP contribution in [0, 0.1) is 23.1 Å². The number of nitrogens with zero attached hydrogens (tertiary/aromatic N) is 1. The van der Waals surface area contributed by atoms with Crippen molar-refractivity contribution in [2.45, 2.75) is 11.8 Å². The molecule has 104 valence electrons. The zero-order valence-corrected chi connectivity index (χ0v) is 11.6. The predicted molar refractivity (Wildman–Crippen MR) is 69.4 cm³/mol. The quantitative estimate of drug-likeness (QED) is 0.811. The van der Waals surface area contributed by atoms with Crippen molar-refractivity contribution < 1.29 is 12.8 Å². The van der Waals surface area contributed by atoms with Crippen molar-refractivity contribution in [1.29, 1.82) is 5.26 Å². The standard InChI is InChI=1S/C12H16FN3O2S/c1-9(7-15-2)8-16-19(17,18)11-3-4-12(13)10(5-11)6-14/h3-5,9,15-16H,7-8H2,1-2H3. The molecule has 0 amide bonds. The van der Waals surface area contributed by atoms with Crippen molar-refractivity contribution in [3.63, 3.8) is 0 Å². The van der Waals surface area contributed by atoms with Gasteiger partial charge in [0.2, 0.25) is 10.0 Å². The van der Waals surface area contributed by atoms with Crippen LogP contribution in [0.15, 0.2) is 23.1 Å². The molecule has 7 heteroatoms. The molecule has 1 rings (SSSR count). The predicted octanol–water partition coefficient (Wildman–Crippen LogP) is 0.831. The van der Waals surface area contributed by atoms with E-state index in [0.29, 0.717) is 6.54 Å². The Morgan fingerprint density at radius 2 is 2.11 bits per heavy atom. The summed E-state index contributed by atoms with van der Waals surface area (Å²) in [6, 6.07) is 4.76. The van der Waals surface area contributed by atoms with Gasteiger partial charge in [0.05, 0.1) is 10.5 Å². The van der Waals surface area contributed by atoms with E-state index in [4.69, 9.17) is 5.26 Å². The third kappa shape index (κ3) is 4.28. The Balaban J connectivity index is 2.86. The Morgan fingerprint density at radius 1 is 1.42 bits per heavy atom. The van der Waals surface area contributed by atoms with Crippen LogP contribution in [-0.2, 0) is 10.0 Å². The van der Waals surface area contributed by atoms with E-state index in [1.807, 2.05) is 6.92 Å². The second kappa shape index (κ2) is 6.61. The second-order valence-electron chi connectivity index (χ2n) is 4.27.